The summed E-state index contributed by atoms with van der Waals surface area (Å²) >= 11 is 1.47. The Hall–Kier alpha value is -1.99. The number of aryl methyl sites for hydroxylation is 1. The maximum absolute atomic E-state index is 12.5. The first kappa shape index (κ1) is 17.8. The first-order valence-corrected chi connectivity index (χ1v) is 9.34. The fourth-order valence-corrected chi connectivity index (χ4v) is 4.00. The van der Waals surface area contributed by atoms with Crippen molar-refractivity contribution in [1.29, 1.82) is 0 Å². The molecule has 25 heavy (non-hydrogen) atoms. The van der Waals surface area contributed by atoms with Gasteiger partial charge in [-0.3, -0.25) is 9.59 Å². The highest BCUT2D eigenvalue weighted by molar-refractivity contribution is 7.22. The van der Waals surface area contributed by atoms with Gasteiger partial charge in [0, 0.05) is 19.5 Å². The minimum absolute atomic E-state index is 0.0684. The van der Waals surface area contributed by atoms with Crippen LogP contribution < -0.4 is 5.32 Å². The molecule has 0 saturated carbocycles. The number of nitrogens with zero attached hydrogens (tertiary/aromatic N) is 3. The molecular weight excluding hydrogens is 336 g/mol. The van der Waals surface area contributed by atoms with E-state index in [1.165, 1.54) is 16.9 Å². The van der Waals surface area contributed by atoms with E-state index in [0.29, 0.717) is 18.2 Å². The topological polar surface area (TPSA) is 65.5 Å². The quantitative estimate of drug-likeness (QED) is 0.859. The van der Waals surface area contributed by atoms with Gasteiger partial charge in [0.05, 0.1) is 16.1 Å². The van der Waals surface area contributed by atoms with Gasteiger partial charge in [0.2, 0.25) is 11.8 Å². The number of benzene rings is 1. The van der Waals surface area contributed by atoms with Crippen molar-refractivity contribution < 1.29 is 9.59 Å². The monoisotopic (exact) mass is 360 g/mol. The van der Waals surface area contributed by atoms with Crippen molar-refractivity contribution in [2.75, 3.05) is 39.0 Å². The van der Waals surface area contributed by atoms with Gasteiger partial charge in [-0.05, 0) is 51.7 Å². The lowest BCUT2D eigenvalue weighted by molar-refractivity contribution is -0.128. The molecule has 0 aliphatic carbocycles. The number of anilines is 1. The van der Waals surface area contributed by atoms with Crippen molar-refractivity contribution in [3.63, 3.8) is 0 Å². The fraction of sp³-hybridized carbons (Fsp3) is 0.500. The Bertz CT molecular complexity index is 786. The second-order valence-corrected chi connectivity index (χ2v) is 7.91. The van der Waals surface area contributed by atoms with Crippen LogP contribution in [0.2, 0.25) is 0 Å². The van der Waals surface area contributed by atoms with E-state index in [4.69, 9.17) is 0 Å². The number of carbonyl (C=O) groups excluding carboxylic acids is 2. The van der Waals surface area contributed by atoms with Crippen LogP contribution >= 0.6 is 11.3 Å². The molecule has 0 radical (unpaired) electrons. The van der Waals surface area contributed by atoms with Gasteiger partial charge in [0.25, 0.3) is 0 Å². The smallest absolute Gasteiger partial charge is 0.231 e. The summed E-state index contributed by atoms with van der Waals surface area (Å²) in [5.41, 5.74) is 2.06. The van der Waals surface area contributed by atoms with Gasteiger partial charge < -0.3 is 15.1 Å². The van der Waals surface area contributed by atoms with Crippen LogP contribution in [0.3, 0.4) is 0 Å². The van der Waals surface area contributed by atoms with Crippen LogP contribution in [0.4, 0.5) is 5.13 Å². The number of rotatable bonds is 6. The third-order valence-corrected chi connectivity index (χ3v) is 5.33. The molecule has 1 aromatic heterocycles. The van der Waals surface area contributed by atoms with Gasteiger partial charge in [0.1, 0.15) is 0 Å². The number of thiazole rings is 1. The van der Waals surface area contributed by atoms with Gasteiger partial charge in [-0.1, -0.05) is 17.4 Å². The van der Waals surface area contributed by atoms with E-state index in [-0.39, 0.29) is 24.2 Å². The molecule has 7 heteroatoms. The molecule has 1 unspecified atom stereocenters. The Morgan fingerprint density at radius 3 is 3.00 bits per heavy atom. The summed E-state index contributed by atoms with van der Waals surface area (Å²) < 4.78 is 1.06. The van der Waals surface area contributed by atoms with Gasteiger partial charge in [-0.15, -0.1) is 0 Å². The summed E-state index contributed by atoms with van der Waals surface area (Å²) in [6.07, 6.45) is 1.21. The normalized spacial score (nSPS) is 17.7. The van der Waals surface area contributed by atoms with Crippen molar-refractivity contribution in [1.82, 2.24) is 14.8 Å². The van der Waals surface area contributed by atoms with E-state index in [2.05, 4.69) is 21.3 Å². The van der Waals surface area contributed by atoms with E-state index in [0.717, 1.165) is 23.2 Å². The molecule has 1 aliphatic rings. The highest BCUT2D eigenvalue weighted by atomic mass is 32.1. The Balaban J connectivity index is 1.58. The maximum atomic E-state index is 12.5. The van der Waals surface area contributed by atoms with Crippen LogP contribution in [-0.2, 0) is 9.59 Å². The summed E-state index contributed by atoms with van der Waals surface area (Å²) in [4.78, 5) is 33.0. The van der Waals surface area contributed by atoms with Crippen LogP contribution in [0.15, 0.2) is 18.2 Å². The zero-order valence-electron chi connectivity index (χ0n) is 14.9. The van der Waals surface area contributed by atoms with Crippen LogP contribution in [0.1, 0.15) is 18.4 Å². The standard InChI is InChI=1S/C18H24N4O2S/c1-12-5-6-14-15(9-12)25-18(19-14)20-17(24)13-10-16(23)22(11-13)8-4-7-21(2)3/h5-6,9,13H,4,7-8,10-11H2,1-3H3,(H,19,20,24). The van der Waals surface area contributed by atoms with Crippen LogP contribution in [0.5, 0.6) is 0 Å². The van der Waals surface area contributed by atoms with Crippen LogP contribution in [0.25, 0.3) is 10.2 Å². The summed E-state index contributed by atoms with van der Waals surface area (Å²) in [5.74, 6) is -0.335. The van der Waals surface area contributed by atoms with Gasteiger partial charge in [0.15, 0.2) is 5.13 Å². The van der Waals surface area contributed by atoms with Crippen LogP contribution in [-0.4, -0.2) is 60.3 Å². The Kier molecular flexibility index (Phi) is 5.34. The van der Waals surface area contributed by atoms with Gasteiger partial charge in [-0.25, -0.2) is 4.98 Å². The number of nitrogens with one attached hydrogen (secondary N) is 1. The molecule has 1 saturated heterocycles. The molecule has 2 heterocycles. The first-order chi connectivity index (χ1) is 11.9. The second kappa shape index (κ2) is 7.49. The average molecular weight is 360 g/mol. The molecule has 1 aliphatic heterocycles. The van der Waals surface area contributed by atoms with E-state index in [1.807, 2.05) is 33.2 Å². The van der Waals surface area contributed by atoms with E-state index in [1.54, 1.807) is 4.90 Å². The molecule has 1 N–H and O–H groups in total. The molecule has 6 nitrogen and oxygen atoms in total. The Labute approximate surface area is 151 Å². The SMILES string of the molecule is Cc1ccc2nc(NC(=O)C3CC(=O)N(CCCN(C)C)C3)sc2c1. The Morgan fingerprint density at radius 2 is 2.24 bits per heavy atom. The predicted octanol–water partition coefficient (Wildman–Crippen LogP) is 2.34. The number of likely N-dealkylation sites (tertiary alicyclic amines) is 1. The largest absolute Gasteiger partial charge is 0.342 e. The predicted molar refractivity (Wildman–Crippen MR) is 101 cm³/mol. The van der Waals surface area contributed by atoms with Gasteiger partial charge >= 0.3 is 0 Å². The zero-order valence-corrected chi connectivity index (χ0v) is 15.7. The molecule has 1 atom stereocenters. The number of fused-ring (bicyclic) bond motifs is 1. The highest BCUT2D eigenvalue weighted by Crippen LogP contribution is 2.28. The molecule has 134 valence electrons. The first-order valence-electron chi connectivity index (χ1n) is 8.53. The average Bonchev–Trinajstić information content (AvgIpc) is 3.10. The van der Waals surface area contributed by atoms with Gasteiger partial charge in [-0.2, -0.15) is 0 Å². The zero-order chi connectivity index (χ0) is 18.0. The van der Waals surface area contributed by atoms with E-state index < -0.39 is 0 Å². The van der Waals surface area contributed by atoms with Crippen molar-refractivity contribution in [3.05, 3.63) is 23.8 Å². The summed E-state index contributed by atoms with van der Waals surface area (Å²) in [7, 11) is 4.03. The third kappa shape index (κ3) is 4.35. The summed E-state index contributed by atoms with van der Waals surface area (Å²) in [6.45, 7) is 4.18. The third-order valence-electron chi connectivity index (χ3n) is 4.39. The number of aromatic nitrogens is 1. The highest BCUT2D eigenvalue weighted by Gasteiger charge is 2.34. The second-order valence-electron chi connectivity index (χ2n) is 6.88. The van der Waals surface area contributed by atoms with Crippen molar-refractivity contribution >= 4 is 38.5 Å². The molecule has 0 spiro atoms. The molecule has 3 rings (SSSR count). The minimum Gasteiger partial charge on any atom is -0.342 e. The number of hydrogen-bond acceptors (Lipinski definition) is 5. The maximum Gasteiger partial charge on any atom is 0.231 e. The number of hydrogen-bond donors (Lipinski definition) is 1. The molecule has 2 amide bonds. The molecule has 2 aromatic rings. The van der Waals surface area contributed by atoms with Crippen molar-refractivity contribution in [3.8, 4) is 0 Å². The lowest BCUT2D eigenvalue weighted by Gasteiger charge is -2.17. The Morgan fingerprint density at radius 1 is 1.44 bits per heavy atom. The molecular formula is C18H24N4O2S. The van der Waals surface area contributed by atoms with Crippen LogP contribution in [0, 0.1) is 12.8 Å². The minimum atomic E-state index is -0.291. The van der Waals surface area contributed by atoms with E-state index in [9.17, 15) is 9.59 Å². The number of amides is 2. The van der Waals surface area contributed by atoms with Crippen molar-refractivity contribution in [2.45, 2.75) is 19.8 Å². The number of carbonyl (C=O) groups is 2. The molecule has 1 aromatic carbocycles. The fourth-order valence-electron chi connectivity index (χ4n) is 3.03. The van der Waals surface area contributed by atoms with Crippen molar-refractivity contribution in [2.24, 2.45) is 5.92 Å². The molecule has 1 fully saturated rings. The lowest BCUT2D eigenvalue weighted by atomic mass is 10.1. The lowest BCUT2D eigenvalue weighted by Crippen LogP contribution is -2.30. The summed E-state index contributed by atoms with van der Waals surface area (Å²) in [6, 6.07) is 6.03. The van der Waals surface area contributed by atoms with E-state index >= 15 is 0 Å². The molecule has 0 bridgehead atoms. The summed E-state index contributed by atoms with van der Waals surface area (Å²) in [5, 5.41) is 3.49.